The third-order valence-electron chi connectivity index (χ3n) is 4.28. The number of likely N-dealkylation sites (tertiary alicyclic amines) is 1. The molecule has 1 aromatic heterocycles. The highest BCUT2D eigenvalue weighted by atomic mass is 35.5. The van der Waals surface area contributed by atoms with Gasteiger partial charge in [-0.3, -0.25) is 4.90 Å². The standard InChI is InChI=1S/C18H25N3OS.ClH/c1-14-5-7-17(8-6-14)22-12-18-20-16(13-23-18)11-21-9-3-4-15(10-21)19-2;/h5-8,13,15,19H,3-4,9-12H2,1-2H3;1H. The SMILES string of the molecule is CNC1CCCN(Cc2csc(COc3ccc(C)cc3)n2)C1.Cl. The van der Waals surface area contributed by atoms with Gasteiger partial charge in [0, 0.05) is 24.5 Å². The van der Waals surface area contributed by atoms with Crippen molar-refractivity contribution in [3.8, 4) is 5.75 Å². The molecule has 0 saturated carbocycles. The number of likely N-dealkylation sites (N-methyl/N-ethyl adjacent to an activating group) is 1. The van der Waals surface area contributed by atoms with Crippen LogP contribution in [0.15, 0.2) is 29.6 Å². The fourth-order valence-corrected chi connectivity index (χ4v) is 3.63. The maximum absolute atomic E-state index is 5.81. The Labute approximate surface area is 154 Å². The van der Waals surface area contributed by atoms with E-state index in [9.17, 15) is 0 Å². The van der Waals surface area contributed by atoms with E-state index >= 15 is 0 Å². The normalized spacial score (nSPS) is 18.2. The molecule has 1 saturated heterocycles. The van der Waals surface area contributed by atoms with E-state index in [4.69, 9.17) is 9.72 Å². The lowest BCUT2D eigenvalue weighted by Crippen LogP contribution is -2.43. The van der Waals surface area contributed by atoms with Crippen LogP contribution in [0.1, 0.15) is 29.1 Å². The zero-order valence-corrected chi connectivity index (χ0v) is 16.0. The summed E-state index contributed by atoms with van der Waals surface area (Å²) in [6.07, 6.45) is 2.54. The molecule has 0 amide bonds. The summed E-state index contributed by atoms with van der Waals surface area (Å²) < 4.78 is 5.81. The van der Waals surface area contributed by atoms with E-state index in [1.54, 1.807) is 11.3 Å². The van der Waals surface area contributed by atoms with E-state index in [1.807, 2.05) is 12.1 Å². The number of nitrogens with zero attached hydrogens (tertiary/aromatic N) is 2. The molecule has 6 heteroatoms. The van der Waals surface area contributed by atoms with Gasteiger partial charge in [0.25, 0.3) is 0 Å². The highest BCUT2D eigenvalue weighted by Crippen LogP contribution is 2.18. The van der Waals surface area contributed by atoms with Gasteiger partial charge in [-0.25, -0.2) is 4.98 Å². The number of ether oxygens (including phenoxy) is 1. The van der Waals surface area contributed by atoms with Gasteiger partial charge in [-0.05, 0) is 45.5 Å². The molecule has 0 aliphatic carbocycles. The van der Waals surface area contributed by atoms with Crippen molar-refractivity contribution in [1.82, 2.24) is 15.2 Å². The van der Waals surface area contributed by atoms with Gasteiger partial charge in [-0.1, -0.05) is 17.7 Å². The van der Waals surface area contributed by atoms with E-state index in [1.165, 1.54) is 24.9 Å². The Hall–Kier alpha value is -1.14. The third-order valence-corrected chi connectivity index (χ3v) is 5.15. The van der Waals surface area contributed by atoms with Crippen LogP contribution in [0.2, 0.25) is 0 Å². The molecule has 2 heterocycles. The molecule has 4 nitrogen and oxygen atoms in total. The van der Waals surface area contributed by atoms with Crippen LogP contribution in [-0.2, 0) is 13.2 Å². The van der Waals surface area contributed by atoms with Gasteiger partial charge >= 0.3 is 0 Å². The Balaban J connectivity index is 0.00000208. The van der Waals surface area contributed by atoms with Crippen molar-refractivity contribution in [2.45, 2.75) is 39.0 Å². The first kappa shape index (κ1) is 19.2. The van der Waals surface area contributed by atoms with Gasteiger partial charge in [0.15, 0.2) is 0 Å². The van der Waals surface area contributed by atoms with Gasteiger partial charge < -0.3 is 10.1 Å². The van der Waals surface area contributed by atoms with Crippen LogP contribution in [0.3, 0.4) is 0 Å². The minimum absolute atomic E-state index is 0. The van der Waals surface area contributed by atoms with E-state index in [0.717, 1.165) is 29.5 Å². The van der Waals surface area contributed by atoms with Crippen molar-refractivity contribution in [3.05, 3.63) is 45.9 Å². The van der Waals surface area contributed by atoms with Gasteiger partial charge in [0.05, 0.1) is 5.69 Å². The minimum Gasteiger partial charge on any atom is -0.486 e. The van der Waals surface area contributed by atoms with Gasteiger partial charge in [-0.15, -0.1) is 23.7 Å². The Morgan fingerprint density at radius 2 is 2.12 bits per heavy atom. The molecule has 0 radical (unpaired) electrons. The molecule has 0 spiro atoms. The Morgan fingerprint density at radius 1 is 1.33 bits per heavy atom. The number of nitrogens with one attached hydrogen (secondary N) is 1. The average Bonchev–Trinajstić information content (AvgIpc) is 3.02. The number of rotatable bonds is 6. The van der Waals surface area contributed by atoms with Crippen LogP contribution in [-0.4, -0.2) is 36.1 Å². The lowest BCUT2D eigenvalue weighted by atomic mass is 10.1. The number of thiazole rings is 1. The summed E-state index contributed by atoms with van der Waals surface area (Å²) in [5.41, 5.74) is 2.41. The van der Waals surface area contributed by atoms with Gasteiger partial charge in [0.1, 0.15) is 17.4 Å². The van der Waals surface area contributed by atoms with E-state index in [-0.39, 0.29) is 12.4 Å². The molecule has 1 fully saturated rings. The second kappa shape index (κ2) is 9.37. The minimum atomic E-state index is 0. The Kier molecular flexibility index (Phi) is 7.49. The summed E-state index contributed by atoms with van der Waals surface area (Å²) >= 11 is 1.69. The van der Waals surface area contributed by atoms with Crippen LogP contribution in [0.25, 0.3) is 0 Å². The number of benzene rings is 1. The zero-order chi connectivity index (χ0) is 16.1. The molecule has 1 unspecified atom stereocenters. The first-order chi connectivity index (χ1) is 11.2. The van der Waals surface area contributed by atoms with Crippen LogP contribution < -0.4 is 10.1 Å². The molecule has 2 aromatic rings. The molecule has 1 N–H and O–H groups in total. The molecular weight excluding hydrogens is 342 g/mol. The van der Waals surface area contributed by atoms with Crippen LogP contribution in [0.4, 0.5) is 0 Å². The number of halogens is 1. The molecule has 3 rings (SSSR count). The Morgan fingerprint density at radius 3 is 2.88 bits per heavy atom. The predicted octanol–water partition coefficient (Wildman–Crippen LogP) is 3.64. The number of hydrogen-bond acceptors (Lipinski definition) is 5. The molecule has 1 aliphatic rings. The molecule has 1 aromatic carbocycles. The highest BCUT2D eigenvalue weighted by Gasteiger charge is 2.19. The summed E-state index contributed by atoms with van der Waals surface area (Å²) in [5.74, 6) is 0.903. The number of piperidine rings is 1. The first-order valence-corrected chi connectivity index (χ1v) is 9.13. The van der Waals surface area contributed by atoms with Crippen molar-refractivity contribution < 1.29 is 4.74 Å². The largest absolute Gasteiger partial charge is 0.486 e. The highest BCUT2D eigenvalue weighted by molar-refractivity contribution is 7.09. The monoisotopic (exact) mass is 367 g/mol. The van der Waals surface area contributed by atoms with Crippen molar-refractivity contribution in [1.29, 1.82) is 0 Å². The topological polar surface area (TPSA) is 37.4 Å². The van der Waals surface area contributed by atoms with E-state index in [0.29, 0.717) is 12.6 Å². The van der Waals surface area contributed by atoms with Crippen LogP contribution >= 0.6 is 23.7 Å². The fraction of sp³-hybridized carbons (Fsp3) is 0.500. The number of aryl methyl sites for hydroxylation is 1. The smallest absolute Gasteiger partial charge is 0.140 e. The molecule has 1 atom stereocenters. The van der Waals surface area contributed by atoms with E-state index in [2.05, 4.69) is 41.7 Å². The predicted molar refractivity (Wildman–Crippen MR) is 102 cm³/mol. The fourth-order valence-electron chi connectivity index (χ4n) is 2.93. The van der Waals surface area contributed by atoms with Gasteiger partial charge in [0.2, 0.25) is 0 Å². The number of aromatic nitrogens is 1. The van der Waals surface area contributed by atoms with E-state index < -0.39 is 0 Å². The van der Waals surface area contributed by atoms with Crippen molar-refractivity contribution in [3.63, 3.8) is 0 Å². The first-order valence-electron chi connectivity index (χ1n) is 8.25. The van der Waals surface area contributed by atoms with Crippen LogP contribution in [0, 0.1) is 6.92 Å². The Bertz CT molecular complexity index is 617. The maximum Gasteiger partial charge on any atom is 0.140 e. The lowest BCUT2D eigenvalue weighted by Gasteiger charge is -2.31. The zero-order valence-electron chi connectivity index (χ0n) is 14.3. The summed E-state index contributed by atoms with van der Waals surface area (Å²) in [4.78, 5) is 7.21. The van der Waals surface area contributed by atoms with Crippen molar-refractivity contribution >= 4 is 23.7 Å². The molecule has 24 heavy (non-hydrogen) atoms. The average molecular weight is 368 g/mol. The summed E-state index contributed by atoms with van der Waals surface area (Å²) in [6, 6.07) is 8.77. The summed E-state index contributed by atoms with van der Waals surface area (Å²) in [5, 5.41) is 6.60. The lowest BCUT2D eigenvalue weighted by molar-refractivity contribution is 0.186. The quantitative estimate of drug-likeness (QED) is 0.845. The third kappa shape index (κ3) is 5.45. The summed E-state index contributed by atoms with van der Waals surface area (Å²) in [7, 11) is 2.05. The van der Waals surface area contributed by atoms with Crippen molar-refractivity contribution in [2.24, 2.45) is 0 Å². The summed E-state index contributed by atoms with van der Waals surface area (Å²) in [6.45, 7) is 5.86. The second-order valence-corrected chi connectivity index (χ2v) is 7.14. The van der Waals surface area contributed by atoms with Crippen molar-refractivity contribution in [2.75, 3.05) is 20.1 Å². The number of hydrogen-bond donors (Lipinski definition) is 1. The molecule has 0 bridgehead atoms. The molecular formula is C18H26ClN3OS. The second-order valence-electron chi connectivity index (χ2n) is 6.20. The maximum atomic E-state index is 5.81. The van der Waals surface area contributed by atoms with Gasteiger partial charge in [-0.2, -0.15) is 0 Å². The molecule has 1 aliphatic heterocycles. The molecule has 132 valence electrons. The van der Waals surface area contributed by atoms with Crippen LogP contribution in [0.5, 0.6) is 5.75 Å².